The van der Waals surface area contributed by atoms with Crippen LogP contribution in [-0.4, -0.2) is 25.5 Å². The van der Waals surface area contributed by atoms with Crippen molar-refractivity contribution < 1.29 is 9.47 Å². The number of nitrogens with two attached hydrogens (primary N) is 1. The molecule has 0 spiro atoms. The van der Waals surface area contributed by atoms with E-state index in [-0.39, 0.29) is 12.3 Å². The van der Waals surface area contributed by atoms with Crippen LogP contribution in [0.1, 0.15) is 19.4 Å². The first kappa shape index (κ1) is 14.1. The molecule has 1 aromatic rings. The van der Waals surface area contributed by atoms with Gasteiger partial charge in [-0.2, -0.15) is 0 Å². The third-order valence-electron chi connectivity index (χ3n) is 2.50. The van der Waals surface area contributed by atoms with Crippen molar-refractivity contribution in [1.82, 2.24) is 5.43 Å². The highest BCUT2D eigenvalue weighted by Crippen LogP contribution is 2.09. The van der Waals surface area contributed by atoms with E-state index in [1.54, 1.807) is 0 Å². The van der Waals surface area contributed by atoms with Crippen molar-refractivity contribution in [2.75, 3.05) is 13.2 Å². The van der Waals surface area contributed by atoms with Gasteiger partial charge in [-0.05, 0) is 25.8 Å². The lowest BCUT2D eigenvalue weighted by molar-refractivity contribution is -0.153. The van der Waals surface area contributed by atoms with E-state index in [2.05, 4.69) is 17.6 Å². The molecule has 0 saturated carbocycles. The van der Waals surface area contributed by atoms with Crippen LogP contribution in [0.2, 0.25) is 0 Å². The fourth-order valence-corrected chi connectivity index (χ4v) is 1.71. The molecule has 0 aliphatic rings. The molecule has 1 rings (SSSR count). The Labute approximate surface area is 103 Å². The van der Waals surface area contributed by atoms with E-state index in [1.165, 1.54) is 5.56 Å². The van der Waals surface area contributed by atoms with Gasteiger partial charge < -0.3 is 9.47 Å². The van der Waals surface area contributed by atoms with Crippen LogP contribution >= 0.6 is 0 Å². The summed E-state index contributed by atoms with van der Waals surface area (Å²) in [5.74, 6) is 5.57. The Hall–Kier alpha value is -0.940. The Morgan fingerprint density at radius 1 is 1.12 bits per heavy atom. The molecule has 0 saturated heterocycles. The van der Waals surface area contributed by atoms with Gasteiger partial charge in [0.25, 0.3) is 0 Å². The first-order valence-corrected chi connectivity index (χ1v) is 6.05. The maximum absolute atomic E-state index is 5.57. The van der Waals surface area contributed by atoms with Gasteiger partial charge in [-0.15, -0.1) is 0 Å². The van der Waals surface area contributed by atoms with Gasteiger partial charge in [0, 0.05) is 13.2 Å². The molecule has 1 atom stereocenters. The highest BCUT2D eigenvalue weighted by Gasteiger charge is 2.21. The first-order valence-electron chi connectivity index (χ1n) is 6.05. The van der Waals surface area contributed by atoms with E-state index in [9.17, 15) is 0 Å². The van der Waals surface area contributed by atoms with E-state index in [4.69, 9.17) is 15.3 Å². The molecule has 0 aliphatic heterocycles. The minimum atomic E-state index is -0.310. The Bertz CT molecular complexity index is 287. The molecule has 0 amide bonds. The fraction of sp³-hybridized carbons (Fsp3) is 0.538. The molecule has 3 N–H and O–H groups in total. The van der Waals surface area contributed by atoms with Crippen LogP contribution in [0.15, 0.2) is 30.3 Å². The van der Waals surface area contributed by atoms with Gasteiger partial charge in [0.15, 0.2) is 6.29 Å². The largest absolute Gasteiger partial charge is 0.351 e. The molecule has 1 aromatic carbocycles. The predicted octanol–water partition coefficient (Wildman–Crippen LogP) is 1.46. The van der Waals surface area contributed by atoms with Gasteiger partial charge in [0.2, 0.25) is 0 Å². The Kier molecular flexibility index (Phi) is 6.81. The standard InChI is InChI=1S/C13H22N2O2/c1-3-16-13(17-4-2)12(15-14)10-11-8-6-5-7-9-11/h5-9,12-13,15H,3-4,10,14H2,1-2H3. The van der Waals surface area contributed by atoms with Crippen LogP contribution in [0.5, 0.6) is 0 Å². The third-order valence-corrected chi connectivity index (χ3v) is 2.50. The summed E-state index contributed by atoms with van der Waals surface area (Å²) in [5, 5.41) is 0. The fourth-order valence-electron chi connectivity index (χ4n) is 1.71. The van der Waals surface area contributed by atoms with Crippen LogP contribution in [0.25, 0.3) is 0 Å². The molecule has 0 aliphatic carbocycles. The van der Waals surface area contributed by atoms with Gasteiger partial charge >= 0.3 is 0 Å². The molecule has 0 aromatic heterocycles. The van der Waals surface area contributed by atoms with Crippen LogP contribution in [0.4, 0.5) is 0 Å². The lowest BCUT2D eigenvalue weighted by atomic mass is 10.1. The zero-order valence-corrected chi connectivity index (χ0v) is 10.6. The maximum atomic E-state index is 5.57. The summed E-state index contributed by atoms with van der Waals surface area (Å²) in [6.45, 7) is 5.11. The van der Waals surface area contributed by atoms with Gasteiger partial charge in [0.05, 0.1) is 6.04 Å². The highest BCUT2D eigenvalue weighted by molar-refractivity contribution is 5.16. The van der Waals surface area contributed by atoms with Gasteiger partial charge in [-0.25, -0.2) is 0 Å². The van der Waals surface area contributed by atoms with E-state index in [0.717, 1.165) is 6.42 Å². The molecular weight excluding hydrogens is 216 g/mol. The molecule has 17 heavy (non-hydrogen) atoms. The zero-order chi connectivity index (χ0) is 12.5. The van der Waals surface area contributed by atoms with Crippen LogP contribution in [0.3, 0.4) is 0 Å². The highest BCUT2D eigenvalue weighted by atomic mass is 16.7. The minimum Gasteiger partial charge on any atom is -0.351 e. The summed E-state index contributed by atoms with van der Waals surface area (Å²) >= 11 is 0. The Morgan fingerprint density at radius 2 is 1.71 bits per heavy atom. The summed E-state index contributed by atoms with van der Waals surface area (Å²) in [6, 6.07) is 10.1. The van der Waals surface area contributed by atoms with Crippen molar-refractivity contribution in [2.24, 2.45) is 5.84 Å². The van der Waals surface area contributed by atoms with Crippen molar-refractivity contribution in [2.45, 2.75) is 32.6 Å². The predicted molar refractivity (Wildman–Crippen MR) is 68.3 cm³/mol. The summed E-state index contributed by atoms with van der Waals surface area (Å²) < 4.78 is 11.1. The summed E-state index contributed by atoms with van der Waals surface area (Å²) in [4.78, 5) is 0. The van der Waals surface area contributed by atoms with Crippen LogP contribution in [0, 0.1) is 0 Å². The summed E-state index contributed by atoms with van der Waals surface area (Å²) in [7, 11) is 0. The second-order valence-electron chi connectivity index (χ2n) is 3.74. The normalized spacial score (nSPS) is 12.9. The molecule has 4 nitrogen and oxygen atoms in total. The SMILES string of the molecule is CCOC(OCC)C(Cc1ccccc1)NN. The van der Waals surface area contributed by atoms with Gasteiger partial charge in [0.1, 0.15) is 0 Å². The van der Waals surface area contributed by atoms with Crippen molar-refractivity contribution in [3.63, 3.8) is 0 Å². The maximum Gasteiger partial charge on any atom is 0.174 e. The number of ether oxygens (including phenoxy) is 2. The van der Waals surface area contributed by atoms with Crippen LogP contribution in [-0.2, 0) is 15.9 Å². The molecule has 96 valence electrons. The molecule has 0 radical (unpaired) electrons. The molecule has 0 fully saturated rings. The summed E-state index contributed by atoms with van der Waals surface area (Å²) in [5.41, 5.74) is 3.98. The average molecular weight is 238 g/mol. The van der Waals surface area contributed by atoms with Gasteiger partial charge in [-0.1, -0.05) is 30.3 Å². The second-order valence-corrected chi connectivity index (χ2v) is 3.74. The number of hydrogen-bond donors (Lipinski definition) is 2. The second kappa shape index (κ2) is 8.20. The van der Waals surface area contributed by atoms with E-state index >= 15 is 0 Å². The number of nitrogens with one attached hydrogen (secondary N) is 1. The van der Waals surface area contributed by atoms with Crippen LogP contribution < -0.4 is 11.3 Å². The molecule has 1 unspecified atom stereocenters. The number of hydrogen-bond acceptors (Lipinski definition) is 4. The van der Waals surface area contributed by atoms with E-state index in [0.29, 0.717) is 13.2 Å². The summed E-state index contributed by atoms with van der Waals surface area (Å²) in [6.07, 6.45) is 0.470. The quantitative estimate of drug-likeness (QED) is 0.409. The first-order chi connectivity index (χ1) is 8.31. The number of benzene rings is 1. The monoisotopic (exact) mass is 238 g/mol. The third kappa shape index (κ3) is 4.83. The topological polar surface area (TPSA) is 56.5 Å². The lowest BCUT2D eigenvalue weighted by Gasteiger charge is -2.26. The van der Waals surface area contributed by atoms with Crippen molar-refractivity contribution in [1.29, 1.82) is 0 Å². The molecular formula is C13H22N2O2. The Balaban J connectivity index is 2.61. The van der Waals surface area contributed by atoms with Gasteiger partial charge in [-0.3, -0.25) is 11.3 Å². The van der Waals surface area contributed by atoms with Crippen molar-refractivity contribution in [3.8, 4) is 0 Å². The zero-order valence-electron chi connectivity index (χ0n) is 10.6. The lowest BCUT2D eigenvalue weighted by Crippen LogP contribution is -2.48. The van der Waals surface area contributed by atoms with Crippen molar-refractivity contribution in [3.05, 3.63) is 35.9 Å². The Morgan fingerprint density at radius 3 is 2.18 bits per heavy atom. The minimum absolute atomic E-state index is 0.0442. The van der Waals surface area contributed by atoms with Crippen molar-refractivity contribution >= 4 is 0 Å². The molecule has 0 bridgehead atoms. The average Bonchev–Trinajstić information content (AvgIpc) is 2.37. The smallest absolute Gasteiger partial charge is 0.174 e. The van der Waals surface area contributed by atoms with E-state index in [1.807, 2.05) is 32.0 Å². The number of rotatable bonds is 8. The molecule has 4 heteroatoms. The molecule has 0 heterocycles. The number of hydrazine groups is 1. The van der Waals surface area contributed by atoms with E-state index < -0.39 is 0 Å².